The van der Waals surface area contributed by atoms with Crippen LogP contribution < -0.4 is 16.4 Å². The highest BCUT2D eigenvalue weighted by molar-refractivity contribution is 5.92. The summed E-state index contributed by atoms with van der Waals surface area (Å²) in [7, 11) is 1.57. The summed E-state index contributed by atoms with van der Waals surface area (Å²) in [6.45, 7) is 1.19. The van der Waals surface area contributed by atoms with Crippen molar-refractivity contribution in [2.45, 2.75) is 25.6 Å². The number of aromatic nitrogens is 3. The van der Waals surface area contributed by atoms with E-state index in [9.17, 15) is 14.4 Å². The number of carbonyl (C=O) groups is 2. The van der Waals surface area contributed by atoms with E-state index in [4.69, 9.17) is 9.15 Å². The number of fused-ring (bicyclic) bond motifs is 2. The predicted molar refractivity (Wildman–Crippen MR) is 103 cm³/mol. The van der Waals surface area contributed by atoms with E-state index in [2.05, 4.69) is 15.7 Å². The van der Waals surface area contributed by atoms with Crippen LogP contribution in [0.25, 0.3) is 11.1 Å². The molecule has 2 N–H and O–H groups in total. The molecule has 1 aromatic carbocycles. The Bertz CT molecular complexity index is 1090. The van der Waals surface area contributed by atoms with E-state index in [1.165, 1.54) is 4.57 Å². The van der Waals surface area contributed by atoms with Crippen molar-refractivity contribution in [3.8, 4) is 0 Å². The Hall–Kier alpha value is -3.40. The number of ether oxygens (including phenoxy) is 1. The number of oxazole rings is 1. The highest BCUT2D eigenvalue weighted by Crippen LogP contribution is 2.16. The number of methoxy groups -OCH3 is 1. The molecule has 4 rings (SSSR count). The molecule has 10 nitrogen and oxygen atoms in total. The third-order valence-corrected chi connectivity index (χ3v) is 4.78. The molecule has 0 bridgehead atoms. The standard InChI is InChI=1S/C19H21N5O5/c1-28-7-6-20-18(26)14-9-13-8-12(10-24(13)22-14)21-17(25)11-23-15-4-2-3-5-16(15)29-19(23)27/h2-5,9,12H,6-8,10-11H2,1H3,(H,20,26)(H,21,25)/t12-/m0/s1. The molecule has 0 saturated heterocycles. The van der Waals surface area contributed by atoms with Crippen LogP contribution in [0.15, 0.2) is 39.5 Å². The minimum atomic E-state index is -0.565. The first-order valence-corrected chi connectivity index (χ1v) is 9.26. The molecule has 1 atom stereocenters. The van der Waals surface area contributed by atoms with Gasteiger partial charge < -0.3 is 19.8 Å². The number of hydrogen-bond acceptors (Lipinski definition) is 6. The molecule has 0 unspecified atom stereocenters. The zero-order valence-corrected chi connectivity index (χ0v) is 15.9. The fraction of sp³-hybridized carbons (Fsp3) is 0.368. The highest BCUT2D eigenvalue weighted by atomic mass is 16.5. The number of para-hydroxylation sites is 2. The van der Waals surface area contributed by atoms with Crippen molar-refractivity contribution >= 4 is 22.9 Å². The van der Waals surface area contributed by atoms with Gasteiger partial charge in [-0.3, -0.25) is 18.8 Å². The lowest BCUT2D eigenvalue weighted by molar-refractivity contribution is -0.122. The summed E-state index contributed by atoms with van der Waals surface area (Å²) in [4.78, 5) is 36.5. The topological polar surface area (TPSA) is 120 Å². The number of benzene rings is 1. The van der Waals surface area contributed by atoms with Crippen molar-refractivity contribution in [2.75, 3.05) is 20.3 Å². The number of nitrogens with one attached hydrogen (secondary N) is 2. The monoisotopic (exact) mass is 399 g/mol. The fourth-order valence-corrected chi connectivity index (χ4v) is 3.45. The zero-order chi connectivity index (χ0) is 20.4. The third kappa shape index (κ3) is 3.92. The van der Waals surface area contributed by atoms with Crippen LogP contribution in [-0.4, -0.2) is 52.5 Å². The SMILES string of the molecule is COCCNC(=O)c1cc2n(n1)C[C@@H](NC(=O)Cn1c(=O)oc3ccccc31)C2. The molecular weight excluding hydrogens is 378 g/mol. The molecule has 3 heterocycles. The normalized spacial score (nSPS) is 15.4. The molecular formula is C19H21N5O5. The minimum absolute atomic E-state index is 0.123. The lowest BCUT2D eigenvalue weighted by atomic mass is 10.2. The van der Waals surface area contributed by atoms with Crippen LogP contribution in [0.3, 0.4) is 0 Å². The Kier molecular flexibility index (Phi) is 5.17. The Labute approximate surface area is 165 Å². The maximum absolute atomic E-state index is 12.4. The van der Waals surface area contributed by atoms with Crippen LogP contribution >= 0.6 is 0 Å². The molecule has 0 aliphatic carbocycles. The first-order valence-electron chi connectivity index (χ1n) is 9.26. The predicted octanol–water partition coefficient (Wildman–Crippen LogP) is -0.0917. The Morgan fingerprint density at radius 3 is 2.97 bits per heavy atom. The van der Waals surface area contributed by atoms with Crippen molar-refractivity contribution in [2.24, 2.45) is 0 Å². The van der Waals surface area contributed by atoms with Crippen LogP contribution in [0, 0.1) is 0 Å². The van der Waals surface area contributed by atoms with Crippen molar-refractivity contribution in [3.63, 3.8) is 0 Å². The van der Waals surface area contributed by atoms with E-state index in [0.29, 0.717) is 42.9 Å². The van der Waals surface area contributed by atoms with Crippen molar-refractivity contribution in [3.05, 3.63) is 52.3 Å². The van der Waals surface area contributed by atoms with E-state index >= 15 is 0 Å². The second-order valence-electron chi connectivity index (χ2n) is 6.84. The third-order valence-electron chi connectivity index (χ3n) is 4.78. The van der Waals surface area contributed by atoms with Gasteiger partial charge in [0.25, 0.3) is 5.91 Å². The maximum atomic E-state index is 12.4. The summed E-state index contributed by atoms with van der Waals surface area (Å²) in [6.07, 6.45) is 0.561. The number of carbonyl (C=O) groups excluding carboxylic acids is 2. The Morgan fingerprint density at radius 2 is 2.17 bits per heavy atom. The second-order valence-corrected chi connectivity index (χ2v) is 6.84. The van der Waals surface area contributed by atoms with Gasteiger partial charge in [-0.05, 0) is 18.2 Å². The van der Waals surface area contributed by atoms with Crippen LogP contribution in [0.5, 0.6) is 0 Å². The lowest BCUT2D eigenvalue weighted by Crippen LogP contribution is -2.39. The molecule has 152 valence electrons. The molecule has 10 heteroatoms. The summed E-state index contributed by atoms with van der Waals surface area (Å²) in [5.41, 5.74) is 2.24. The summed E-state index contributed by atoms with van der Waals surface area (Å²) in [5.74, 6) is -1.10. The number of hydrogen-bond donors (Lipinski definition) is 2. The Morgan fingerprint density at radius 1 is 1.34 bits per heavy atom. The van der Waals surface area contributed by atoms with E-state index in [0.717, 1.165) is 5.69 Å². The minimum Gasteiger partial charge on any atom is -0.408 e. The lowest BCUT2D eigenvalue weighted by Gasteiger charge is -2.12. The smallest absolute Gasteiger partial charge is 0.408 e. The van der Waals surface area contributed by atoms with Gasteiger partial charge in [0.15, 0.2) is 5.58 Å². The van der Waals surface area contributed by atoms with Crippen LogP contribution in [0.4, 0.5) is 0 Å². The largest absolute Gasteiger partial charge is 0.420 e. The quantitative estimate of drug-likeness (QED) is 0.536. The Balaban J connectivity index is 1.35. The first kappa shape index (κ1) is 18.9. The van der Waals surface area contributed by atoms with Gasteiger partial charge in [0.1, 0.15) is 12.2 Å². The number of rotatable bonds is 7. The van der Waals surface area contributed by atoms with Crippen LogP contribution in [-0.2, 0) is 29.0 Å². The molecule has 29 heavy (non-hydrogen) atoms. The molecule has 0 radical (unpaired) electrons. The highest BCUT2D eigenvalue weighted by Gasteiger charge is 2.26. The van der Waals surface area contributed by atoms with Gasteiger partial charge in [-0.1, -0.05) is 12.1 Å². The van der Waals surface area contributed by atoms with Gasteiger partial charge in [-0.2, -0.15) is 5.10 Å². The molecule has 3 aromatic rings. The van der Waals surface area contributed by atoms with Crippen molar-refractivity contribution in [1.29, 1.82) is 0 Å². The van der Waals surface area contributed by atoms with Crippen molar-refractivity contribution in [1.82, 2.24) is 25.0 Å². The van der Waals surface area contributed by atoms with E-state index in [-0.39, 0.29) is 24.4 Å². The van der Waals surface area contributed by atoms with Gasteiger partial charge in [-0.15, -0.1) is 0 Å². The fourth-order valence-electron chi connectivity index (χ4n) is 3.45. The molecule has 2 aromatic heterocycles. The molecule has 0 fully saturated rings. The first-order chi connectivity index (χ1) is 14.0. The van der Waals surface area contributed by atoms with Gasteiger partial charge in [0.05, 0.1) is 24.7 Å². The average molecular weight is 399 g/mol. The zero-order valence-electron chi connectivity index (χ0n) is 15.9. The molecule has 1 aliphatic rings. The van der Waals surface area contributed by atoms with Crippen LogP contribution in [0.2, 0.25) is 0 Å². The number of nitrogens with zero attached hydrogens (tertiary/aromatic N) is 3. The van der Waals surface area contributed by atoms with Gasteiger partial charge in [-0.25, -0.2) is 4.79 Å². The number of amides is 2. The summed E-state index contributed by atoms with van der Waals surface area (Å²) in [6, 6.07) is 8.54. The maximum Gasteiger partial charge on any atom is 0.420 e. The van der Waals surface area contributed by atoms with Crippen LogP contribution in [0.1, 0.15) is 16.2 Å². The van der Waals surface area contributed by atoms with Gasteiger partial charge >= 0.3 is 5.76 Å². The average Bonchev–Trinajstić information content (AvgIpc) is 3.34. The van der Waals surface area contributed by atoms with E-state index in [1.54, 1.807) is 42.1 Å². The van der Waals surface area contributed by atoms with Crippen molar-refractivity contribution < 1.29 is 18.7 Å². The summed E-state index contributed by atoms with van der Waals surface area (Å²) < 4.78 is 13.1. The molecule has 0 spiro atoms. The summed E-state index contributed by atoms with van der Waals surface area (Å²) >= 11 is 0. The molecule has 2 amide bonds. The van der Waals surface area contributed by atoms with Gasteiger partial charge in [0.2, 0.25) is 5.91 Å². The molecule has 0 saturated carbocycles. The van der Waals surface area contributed by atoms with E-state index < -0.39 is 5.76 Å². The van der Waals surface area contributed by atoms with Gasteiger partial charge in [0, 0.05) is 25.8 Å². The van der Waals surface area contributed by atoms with E-state index in [1.807, 2.05) is 0 Å². The second kappa shape index (κ2) is 7.92. The molecule has 1 aliphatic heterocycles. The summed E-state index contributed by atoms with van der Waals surface area (Å²) in [5, 5.41) is 9.94.